The van der Waals surface area contributed by atoms with Crippen molar-refractivity contribution < 1.29 is 18.9 Å². The molecule has 0 spiro atoms. The minimum absolute atomic E-state index is 0.477. The van der Waals surface area contributed by atoms with Gasteiger partial charge in [-0.1, -0.05) is 79.7 Å². The minimum atomic E-state index is 0.477. The Morgan fingerprint density at radius 1 is 0.368 bits per heavy atom. The molecular weight excluding hydrogens is 941 g/mol. The molecule has 0 saturated carbocycles. The molecule has 7 aromatic rings. The number of hydrogen-bond donors (Lipinski definition) is 2. The molecular formula is C66H68N6O4. The standard InChI is InChI=1S/C66H68N6O4/c1-41(2)25-29-73-51-33-49(34-52(37-51)74-30-26-42(3)4)65-59-21-17-55(69-59)63(47-13-9-45(39-67)10-14-47)57-19-23-61(71-57)66(50-35-53(75-31-27-43(5)6)38-54(36-50)76-32-28-44(7)8)62-24-20-58(72-62)64(56-18-22-60(65)70-56)48-15-11-46(40-68)12-16-48/h9-24,33-38,41-44,69,72H,25-32H2,1-8H3. The fourth-order valence-corrected chi connectivity index (χ4v) is 9.26. The van der Waals surface area contributed by atoms with Crippen LogP contribution in [-0.2, 0) is 0 Å². The molecule has 0 aliphatic carbocycles. The first-order chi connectivity index (χ1) is 36.8. The van der Waals surface area contributed by atoms with E-state index in [0.717, 1.165) is 115 Å². The highest BCUT2D eigenvalue weighted by Crippen LogP contribution is 2.41. The number of H-pyrrole nitrogens is 2. The van der Waals surface area contributed by atoms with Gasteiger partial charge < -0.3 is 28.9 Å². The lowest BCUT2D eigenvalue weighted by Crippen LogP contribution is -2.04. The van der Waals surface area contributed by atoms with Gasteiger partial charge in [-0.15, -0.1) is 0 Å². The van der Waals surface area contributed by atoms with Gasteiger partial charge in [0.15, 0.2) is 0 Å². The van der Waals surface area contributed by atoms with Gasteiger partial charge in [0.25, 0.3) is 0 Å². The zero-order valence-electron chi connectivity index (χ0n) is 45.1. The van der Waals surface area contributed by atoms with E-state index in [2.05, 4.69) is 150 Å². The largest absolute Gasteiger partial charge is 0.493 e. The summed E-state index contributed by atoms with van der Waals surface area (Å²) in [6, 6.07) is 40.6. The number of rotatable bonds is 20. The molecule has 2 aliphatic rings. The highest BCUT2D eigenvalue weighted by molar-refractivity contribution is 6.00. The molecule has 0 saturated heterocycles. The van der Waals surface area contributed by atoms with Gasteiger partial charge in [-0.3, -0.25) is 0 Å². The second-order valence-electron chi connectivity index (χ2n) is 21.4. The Hall–Kier alpha value is -8.34. The van der Waals surface area contributed by atoms with Gasteiger partial charge >= 0.3 is 0 Å². The highest BCUT2D eigenvalue weighted by Gasteiger charge is 2.21. The summed E-state index contributed by atoms with van der Waals surface area (Å²) in [4.78, 5) is 18.8. The fraction of sp³-hybridized carbons (Fsp3) is 0.303. The first-order valence-corrected chi connectivity index (χ1v) is 26.8. The Labute approximate surface area is 447 Å². The number of aromatic amines is 2. The molecule has 3 aromatic heterocycles. The third kappa shape index (κ3) is 12.6. The molecule has 76 heavy (non-hydrogen) atoms. The number of benzene rings is 4. The first kappa shape index (κ1) is 52.5. The van der Waals surface area contributed by atoms with E-state index in [0.29, 0.717) is 84.2 Å². The summed E-state index contributed by atoms with van der Waals surface area (Å²) in [6.45, 7) is 19.8. The summed E-state index contributed by atoms with van der Waals surface area (Å²) in [7, 11) is 0. The van der Waals surface area contributed by atoms with Crippen molar-refractivity contribution in [1.82, 2.24) is 19.9 Å². The zero-order chi connectivity index (χ0) is 53.3. The predicted octanol–water partition coefficient (Wildman–Crippen LogP) is 16.8. The van der Waals surface area contributed by atoms with Crippen molar-refractivity contribution in [1.29, 1.82) is 10.5 Å². The lowest BCUT2D eigenvalue weighted by atomic mass is 10.0. The maximum Gasteiger partial charge on any atom is 0.123 e. The molecule has 2 aliphatic heterocycles. The van der Waals surface area contributed by atoms with Gasteiger partial charge in [0.2, 0.25) is 0 Å². The van der Waals surface area contributed by atoms with E-state index >= 15 is 0 Å². The quantitative estimate of drug-likeness (QED) is 0.0769. The molecule has 386 valence electrons. The van der Waals surface area contributed by atoms with Crippen LogP contribution in [0.1, 0.15) is 115 Å². The van der Waals surface area contributed by atoms with E-state index in [-0.39, 0.29) is 0 Å². The molecule has 9 rings (SSSR count). The molecule has 10 heteroatoms. The van der Waals surface area contributed by atoms with Crippen LogP contribution < -0.4 is 18.9 Å². The predicted molar refractivity (Wildman–Crippen MR) is 310 cm³/mol. The van der Waals surface area contributed by atoms with Crippen LogP contribution in [0.5, 0.6) is 23.0 Å². The van der Waals surface area contributed by atoms with Crippen LogP contribution in [0.2, 0.25) is 0 Å². The van der Waals surface area contributed by atoms with Crippen LogP contribution in [0.3, 0.4) is 0 Å². The Kier molecular flexibility index (Phi) is 16.5. The summed E-state index contributed by atoms with van der Waals surface area (Å²) in [6.07, 6.45) is 11.9. The number of ether oxygens (including phenoxy) is 4. The van der Waals surface area contributed by atoms with Gasteiger partial charge in [-0.2, -0.15) is 10.5 Å². The van der Waals surface area contributed by atoms with Crippen LogP contribution in [0.25, 0.3) is 90.9 Å². The SMILES string of the molecule is CC(C)CCOc1cc(OCCC(C)C)cc(-c2c3nc(c(-c4ccc(C#N)cc4)c4ccc([nH]4)c(-c4cc(OCCC(C)C)cc(OCCC(C)C)c4)c4nc(c(-c5ccc(C#N)cc5)c5ccc2[nH]5)C=C4)C=C3)c1. The van der Waals surface area contributed by atoms with Crippen LogP contribution in [-0.4, -0.2) is 46.4 Å². The third-order valence-electron chi connectivity index (χ3n) is 13.6. The minimum Gasteiger partial charge on any atom is -0.493 e. The van der Waals surface area contributed by atoms with Gasteiger partial charge in [0, 0.05) is 56.5 Å². The Morgan fingerprint density at radius 3 is 0.882 bits per heavy atom. The van der Waals surface area contributed by atoms with E-state index < -0.39 is 0 Å². The summed E-state index contributed by atoms with van der Waals surface area (Å²) in [5.74, 6) is 4.77. The lowest BCUT2D eigenvalue weighted by molar-refractivity contribution is 0.276. The van der Waals surface area contributed by atoms with Gasteiger partial charge in [0.1, 0.15) is 23.0 Å². The van der Waals surface area contributed by atoms with Crippen molar-refractivity contribution in [2.24, 2.45) is 23.7 Å². The molecule has 0 atom stereocenters. The fourth-order valence-electron chi connectivity index (χ4n) is 9.26. The monoisotopic (exact) mass is 1010 g/mol. The summed E-state index contributed by atoms with van der Waals surface area (Å²) < 4.78 is 26.0. The summed E-state index contributed by atoms with van der Waals surface area (Å²) in [5.41, 5.74) is 14.3. The second-order valence-corrected chi connectivity index (χ2v) is 21.4. The number of nitrogens with one attached hydrogen (secondary N) is 2. The molecule has 0 unspecified atom stereocenters. The van der Waals surface area contributed by atoms with E-state index in [9.17, 15) is 10.5 Å². The van der Waals surface area contributed by atoms with Crippen molar-refractivity contribution in [2.75, 3.05) is 26.4 Å². The molecule has 0 radical (unpaired) electrons. The second kappa shape index (κ2) is 23.9. The molecule has 4 aromatic carbocycles. The summed E-state index contributed by atoms with van der Waals surface area (Å²) in [5, 5.41) is 19.8. The van der Waals surface area contributed by atoms with E-state index in [4.69, 9.17) is 28.9 Å². The molecule has 0 amide bonds. The van der Waals surface area contributed by atoms with Crippen LogP contribution in [0.15, 0.2) is 109 Å². The van der Waals surface area contributed by atoms with Crippen molar-refractivity contribution in [3.8, 4) is 79.6 Å². The van der Waals surface area contributed by atoms with E-state index in [1.165, 1.54) is 0 Å². The maximum absolute atomic E-state index is 9.88. The van der Waals surface area contributed by atoms with Gasteiger partial charge in [-0.05, 0) is 169 Å². The number of aromatic nitrogens is 4. The Morgan fingerprint density at radius 2 is 0.632 bits per heavy atom. The average Bonchev–Trinajstić information content (AvgIpc) is 4.29. The van der Waals surface area contributed by atoms with E-state index in [1.807, 2.05) is 60.7 Å². The number of nitriles is 2. The molecule has 10 nitrogen and oxygen atoms in total. The highest BCUT2D eigenvalue weighted by atomic mass is 16.5. The first-order valence-electron chi connectivity index (χ1n) is 26.8. The smallest absolute Gasteiger partial charge is 0.123 e. The molecule has 0 fully saturated rings. The average molecular weight is 1010 g/mol. The lowest BCUT2D eigenvalue weighted by Gasteiger charge is -2.15. The van der Waals surface area contributed by atoms with Crippen molar-refractivity contribution in [3.63, 3.8) is 0 Å². The number of hydrogen-bond acceptors (Lipinski definition) is 8. The van der Waals surface area contributed by atoms with Crippen LogP contribution in [0.4, 0.5) is 0 Å². The van der Waals surface area contributed by atoms with Crippen LogP contribution >= 0.6 is 0 Å². The molecule has 5 heterocycles. The summed E-state index contributed by atoms with van der Waals surface area (Å²) >= 11 is 0. The number of fused-ring (bicyclic) bond motifs is 8. The Bertz CT molecular complexity index is 3230. The van der Waals surface area contributed by atoms with Crippen molar-refractivity contribution in [3.05, 3.63) is 143 Å². The Balaban J connectivity index is 1.38. The van der Waals surface area contributed by atoms with Crippen molar-refractivity contribution >= 4 is 46.4 Å². The normalized spacial score (nSPS) is 11.9. The molecule has 2 N–H and O–H groups in total. The van der Waals surface area contributed by atoms with Gasteiger partial charge in [-0.25, -0.2) is 9.97 Å². The van der Waals surface area contributed by atoms with Gasteiger partial charge in [0.05, 0.1) is 72.5 Å². The zero-order valence-corrected chi connectivity index (χ0v) is 45.1. The molecule has 8 bridgehead atoms. The van der Waals surface area contributed by atoms with E-state index in [1.54, 1.807) is 0 Å². The number of nitrogens with zero attached hydrogens (tertiary/aromatic N) is 4. The van der Waals surface area contributed by atoms with Crippen LogP contribution in [0, 0.1) is 46.3 Å². The van der Waals surface area contributed by atoms with Crippen molar-refractivity contribution in [2.45, 2.75) is 81.1 Å². The maximum atomic E-state index is 9.88. The third-order valence-corrected chi connectivity index (χ3v) is 13.6. The topological polar surface area (TPSA) is 142 Å².